The van der Waals surface area contributed by atoms with Gasteiger partial charge in [0, 0.05) is 17.8 Å². The Morgan fingerprint density at radius 2 is 2.24 bits per heavy atom. The fourth-order valence-electron chi connectivity index (χ4n) is 1.88. The van der Waals surface area contributed by atoms with E-state index in [4.69, 9.17) is 21.6 Å². The number of pyridine rings is 1. The van der Waals surface area contributed by atoms with Crippen LogP contribution in [0.2, 0.25) is 5.02 Å². The number of nitriles is 1. The van der Waals surface area contributed by atoms with E-state index in [-0.39, 0.29) is 12.6 Å². The molecule has 1 aromatic heterocycles. The zero-order valence-corrected chi connectivity index (χ0v) is 12.7. The Balaban J connectivity index is 2.12. The van der Waals surface area contributed by atoms with Crippen molar-refractivity contribution in [3.63, 3.8) is 0 Å². The topological polar surface area (TPSA) is 57.9 Å². The van der Waals surface area contributed by atoms with Gasteiger partial charge in [-0.15, -0.1) is 0 Å². The van der Waals surface area contributed by atoms with Gasteiger partial charge < -0.3 is 10.1 Å². The standard InChI is InChI=1S/C16H16ClN3O/c1-11(19-2)12-5-6-16(14(17)8-12)21-10-13-4-3-7-20-15(13)9-18/h3-8,11,19H,10H2,1-2H3. The average molecular weight is 302 g/mol. The molecule has 2 aromatic rings. The Morgan fingerprint density at radius 1 is 1.43 bits per heavy atom. The summed E-state index contributed by atoms with van der Waals surface area (Å²) in [5.74, 6) is 0.594. The maximum Gasteiger partial charge on any atom is 0.147 e. The van der Waals surface area contributed by atoms with Crippen molar-refractivity contribution in [3.05, 3.63) is 58.4 Å². The Labute approximate surface area is 129 Å². The monoisotopic (exact) mass is 301 g/mol. The number of hydrogen-bond acceptors (Lipinski definition) is 4. The van der Waals surface area contributed by atoms with Crippen molar-refractivity contribution in [1.29, 1.82) is 5.26 Å². The first-order chi connectivity index (χ1) is 10.2. The third-order valence-corrected chi connectivity index (χ3v) is 3.56. The van der Waals surface area contributed by atoms with Gasteiger partial charge >= 0.3 is 0 Å². The molecule has 0 radical (unpaired) electrons. The zero-order valence-electron chi connectivity index (χ0n) is 11.9. The van der Waals surface area contributed by atoms with Crippen LogP contribution in [-0.4, -0.2) is 12.0 Å². The summed E-state index contributed by atoms with van der Waals surface area (Å²) in [7, 11) is 1.90. The van der Waals surface area contributed by atoms with Gasteiger partial charge in [0.05, 0.1) is 5.02 Å². The van der Waals surface area contributed by atoms with Gasteiger partial charge in [0.25, 0.3) is 0 Å². The lowest BCUT2D eigenvalue weighted by molar-refractivity contribution is 0.305. The highest BCUT2D eigenvalue weighted by atomic mass is 35.5. The summed E-state index contributed by atoms with van der Waals surface area (Å²) in [5.41, 5.74) is 2.20. The molecule has 1 N–H and O–H groups in total. The number of halogens is 1. The molecular formula is C16H16ClN3O. The van der Waals surface area contributed by atoms with Crippen molar-refractivity contribution >= 4 is 11.6 Å². The highest BCUT2D eigenvalue weighted by molar-refractivity contribution is 6.32. The molecule has 0 spiro atoms. The van der Waals surface area contributed by atoms with Crippen molar-refractivity contribution in [2.75, 3.05) is 7.05 Å². The smallest absolute Gasteiger partial charge is 0.147 e. The molecule has 0 aliphatic carbocycles. The summed E-state index contributed by atoms with van der Waals surface area (Å²) < 4.78 is 5.69. The second kappa shape index (κ2) is 7.07. The Morgan fingerprint density at radius 3 is 2.90 bits per heavy atom. The second-order valence-electron chi connectivity index (χ2n) is 4.61. The molecule has 1 heterocycles. The first-order valence-electron chi connectivity index (χ1n) is 6.59. The number of ether oxygens (including phenoxy) is 1. The lowest BCUT2D eigenvalue weighted by atomic mass is 10.1. The number of hydrogen-bond donors (Lipinski definition) is 1. The molecule has 0 bridgehead atoms. The number of benzene rings is 1. The van der Waals surface area contributed by atoms with Gasteiger partial charge in [0.1, 0.15) is 24.1 Å². The third kappa shape index (κ3) is 3.72. The van der Waals surface area contributed by atoms with Crippen LogP contribution in [0.1, 0.15) is 29.8 Å². The van der Waals surface area contributed by atoms with Crippen LogP contribution in [0.4, 0.5) is 0 Å². The molecule has 1 atom stereocenters. The lowest BCUT2D eigenvalue weighted by Crippen LogP contribution is -2.12. The van der Waals surface area contributed by atoms with E-state index in [1.165, 1.54) is 0 Å². The molecule has 0 saturated carbocycles. The Bertz CT molecular complexity index is 667. The van der Waals surface area contributed by atoms with Gasteiger partial charge in [0.2, 0.25) is 0 Å². The van der Waals surface area contributed by atoms with Gasteiger partial charge in [0.15, 0.2) is 0 Å². The van der Waals surface area contributed by atoms with Crippen LogP contribution < -0.4 is 10.1 Å². The van der Waals surface area contributed by atoms with Crippen LogP contribution in [-0.2, 0) is 6.61 Å². The van der Waals surface area contributed by atoms with Crippen LogP contribution in [0.5, 0.6) is 5.75 Å². The van der Waals surface area contributed by atoms with Crippen LogP contribution >= 0.6 is 11.6 Å². The summed E-state index contributed by atoms with van der Waals surface area (Å²) in [6.07, 6.45) is 1.59. The van der Waals surface area contributed by atoms with Crippen molar-refractivity contribution in [3.8, 4) is 11.8 Å². The van der Waals surface area contributed by atoms with Gasteiger partial charge in [-0.2, -0.15) is 5.26 Å². The quantitative estimate of drug-likeness (QED) is 0.918. The van der Waals surface area contributed by atoms with Crippen LogP contribution in [0, 0.1) is 11.3 Å². The van der Waals surface area contributed by atoms with Gasteiger partial charge in [-0.3, -0.25) is 0 Å². The zero-order chi connectivity index (χ0) is 15.2. The van der Waals surface area contributed by atoms with E-state index in [0.717, 1.165) is 11.1 Å². The molecular weight excluding hydrogens is 286 g/mol. The van der Waals surface area contributed by atoms with E-state index >= 15 is 0 Å². The summed E-state index contributed by atoms with van der Waals surface area (Å²) >= 11 is 6.24. The SMILES string of the molecule is CNC(C)c1ccc(OCc2cccnc2C#N)c(Cl)c1. The van der Waals surface area contributed by atoms with E-state index < -0.39 is 0 Å². The number of rotatable bonds is 5. The highest BCUT2D eigenvalue weighted by Gasteiger charge is 2.09. The maximum absolute atomic E-state index is 8.99. The van der Waals surface area contributed by atoms with Gasteiger partial charge in [-0.25, -0.2) is 4.98 Å². The molecule has 5 heteroatoms. The highest BCUT2D eigenvalue weighted by Crippen LogP contribution is 2.28. The van der Waals surface area contributed by atoms with Crippen LogP contribution in [0.25, 0.3) is 0 Å². The minimum atomic E-state index is 0.222. The molecule has 21 heavy (non-hydrogen) atoms. The molecule has 1 unspecified atom stereocenters. The van der Waals surface area contributed by atoms with E-state index in [2.05, 4.69) is 17.2 Å². The predicted molar refractivity (Wildman–Crippen MR) is 82.2 cm³/mol. The summed E-state index contributed by atoms with van der Waals surface area (Å²) in [6.45, 7) is 2.32. The normalized spacial score (nSPS) is 11.7. The first kappa shape index (κ1) is 15.3. The molecule has 4 nitrogen and oxygen atoms in total. The number of aromatic nitrogens is 1. The first-order valence-corrected chi connectivity index (χ1v) is 6.97. The minimum Gasteiger partial charge on any atom is -0.487 e. The van der Waals surface area contributed by atoms with Crippen molar-refractivity contribution in [1.82, 2.24) is 10.3 Å². The van der Waals surface area contributed by atoms with Crippen molar-refractivity contribution < 1.29 is 4.74 Å². The fourth-order valence-corrected chi connectivity index (χ4v) is 2.12. The molecule has 108 valence electrons. The van der Waals surface area contributed by atoms with Crippen molar-refractivity contribution in [2.45, 2.75) is 19.6 Å². The van der Waals surface area contributed by atoms with E-state index in [9.17, 15) is 0 Å². The molecule has 0 aliphatic heterocycles. The number of nitrogens with one attached hydrogen (secondary N) is 1. The predicted octanol–water partition coefficient (Wildman–Crippen LogP) is 3.47. The van der Waals surface area contributed by atoms with Crippen LogP contribution in [0.3, 0.4) is 0 Å². The maximum atomic E-state index is 8.99. The summed E-state index contributed by atoms with van der Waals surface area (Å²) in [5, 5.41) is 12.7. The third-order valence-electron chi connectivity index (χ3n) is 3.27. The minimum absolute atomic E-state index is 0.222. The van der Waals surface area contributed by atoms with Crippen molar-refractivity contribution in [2.24, 2.45) is 0 Å². The average Bonchev–Trinajstić information content (AvgIpc) is 2.53. The van der Waals surface area contributed by atoms with Gasteiger partial charge in [-0.1, -0.05) is 23.7 Å². The second-order valence-corrected chi connectivity index (χ2v) is 5.02. The van der Waals surface area contributed by atoms with Crippen LogP contribution in [0.15, 0.2) is 36.5 Å². The fraction of sp³-hybridized carbons (Fsp3) is 0.250. The largest absolute Gasteiger partial charge is 0.487 e. The van der Waals surface area contributed by atoms with E-state index in [1.54, 1.807) is 12.3 Å². The lowest BCUT2D eigenvalue weighted by Gasteiger charge is -2.13. The summed E-state index contributed by atoms with van der Waals surface area (Å²) in [6, 6.07) is 11.6. The Kier molecular flexibility index (Phi) is 5.15. The molecule has 2 rings (SSSR count). The van der Waals surface area contributed by atoms with E-state index in [1.807, 2.05) is 37.4 Å². The Hall–Kier alpha value is -2.09. The molecule has 0 aliphatic rings. The molecule has 0 amide bonds. The molecule has 1 aromatic carbocycles. The summed E-state index contributed by atoms with van der Waals surface area (Å²) in [4.78, 5) is 4.00. The van der Waals surface area contributed by atoms with Gasteiger partial charge in [-0.05, 0) is 37.7 Å². The molecule has 0 fully saturated rings. The number of nitrogens with zero attached hydrogens (tertiary/aromatic N) is 2. The van der Waals surface area contributed by atoms with E-state index in [0.29, 0.717) is 16.5 Å². The molecule has 0 saturated heterocycles.